The second-order valence-electron chi connectivity index (χ2n) is 4.95. The Labute approximate surface area is 103 Å². The summed E-state index contributed by atoms with van der Waals surface area (Å²) in [6.45, 7) is 7.71. The summed E-state index contributed by atoms with van der Waals surface area (Å²) in [5.74, 6) is 0. The van der Waals surface area contributed by atoms with E-state index in [2.05, 4.69) is 49.9 Å². The minimum atomic E-state index is 0.0136. The summed E-state index contributed by atoms with van der Waals surface area (Å²) < 4.78 is 0. The van der Waals surface area contributed by atoms with Crippen molar-refractivity contribution in [3.63, 3.8) is 0 Å². The van der Waals surface area contributed by atoms with Crippen LogP contribution in [0, 0.1) is 0 Å². The van der Waals surface area contributed by atoms with E-state index < -0.39 is 0 Å². The Balaban J connectivity index is 2.39. The van der Waals surface area contributed by atoms with Crippen LogP contribution in [0.5, 0.6) is 0 Å². The molecule has 0 fully saturated rings. The lowest BCUT2D eigenvalue weighted by Crippen LogP contribution is -2.35. The number of hydrogen-bond acceptors (Lipinski definition) is 1. The first-order valence-corrected chi connectivity index (χ1v) is 6.41. The number of benzene rings is 1. The zero-order valence-electron chi connectivity index (χ0n) is 10.3. The quantitative estimate of drug-likeness (QED) is 0.728. The number of thiocarbonyl (C=S) groups is 1. The molecule has 1 aromatic rings. The van der Waals surface area contributed by atoms with Crippen LogP contribution in [0.2, 0.25) is 0 Å². The van der Waals surface area contributed by atoms with E-state index in [4.69, 9.17) is 12.2 Å². The Hall–Kier alpha value is -0.890. The summed E-state index contributed by atoms with van der Waals surface area (Å²) in [7, 11) is 0. The Morgan fingerprint density at radius 2 is 1.94 bits per heavy atom. The van der Waals surface area contributed by atoms with E-state index in [1.54, 1.807) is 0 Å². The highest BCUT2D eigenvalue weighted by molar-refractivity contribution is 7.80. The van der Waals surface area contributed by atoms with Gasteiger partial charge >= 0.3 is 0 Å². The molecule has 1 heterocycles. The highest BCUT2D eigenvalue weighted by Crippen LogP contribution is 2.42. The number of fused-ring (bicyclic) bond motifs is 1. The minimum absolute atomic E-state index is 0.0136. The van der Waals surface area contributed by atoms with Gasteiger partial charge in [-0.1, -0.05) is 43.8 Å². The molecule has 0 saturated heterocycles. The van der Waals surface area contributed by atoms with Crippen LogP contribution in [-0.4, -0.2) is 11.5 Å². The van der Waals surface area contributed by atoms with Gasteiger partial charge in [0.2, 0.25) is 0 Å². The summed E-state index contributed by atoms with van der Waals surface area (Å²) >= 11 is 5.62. The monoisotopic (exact) mass is 233 g/mol. The number of nitrogens with zero attached hydrogens (tertiary/aromatic N) is 1. The first kappa shape index (κ1) is 11.6. The molecule has 1 aliphatic heterocycles. The molecule has 0 aromatic heterocycles. The third-order valence-electron chi connectivity index (χ3n) is 3.38. The third kappa shape index (κ3) is 1.65. The minimum Gasteiger partial charge on any atom is -0.335 e. The zero-order chi connectivity index (χ0) is 11.8. The van der Waals surface area contributed by atoms with Crippen LogP contribution in [0.4, 0.5) is 5.69 Å². The molecule has 0 unspecified atom stereocenters. The first-order chi connectivity index (χ1) is 7.59. The van der Waals surface area contributed by atoms with E-state index in [1.807, 2.05) is 0 Å². The first-order valence-electron chi connectivity index (χ1n) is 6.00. The third-order valence-corrected chi connectivity index (χ3v) is 4.11. The van der Waals surface area contributed by atoms with Crippen molar-refractivity contribution in [2.75, 3.05) is 11.4 Å². The number of hydrogen-bond donors (Lipinski definition) is 0. The standard InChI is InChI=1S/C14H19NS/c1-4-5-10-15-12-9-7-6-8-11(12)14(2,3)13(15)16/h6-9H,4-5,10H2,1-3H3. The van der Waals surface area contributed by atoms with Crippen LogP contribution in [-0.2, 0) is 5.41 Å². The molecule has 0 aliphatic carbocycles. The maximum Gasteiger partial charge on any atom is 0.0926 e. The van der Waals surface area contributed by atoms with Gasteiger partial charge in [-0.15, -0.1) is 0 Å². The summed E-state index contributed by atoms with van der Waals surface area (Å²) in [6, 6.07) is 8.59. The number of anilines is 1. The van der Waals surface area contributed by atoms with Crippen LogP contribution >= 0.6 is 12.2 Å². The molecule has 0 bridgehead atoms. The maximum absolute atomic E-state index is 5.62. The second kappa shape index (κ2) is 4.17. The predicted octanol–water partition coefficient (Wildman–Crippen LogP) is 3.91. The number of rotatable bonds is 3. The summed E-state index contributed by atoms with van der Waals surface area (Å²) in [6.07, 6.45) is 2.41. The Kier molecular flexibility index (Phi) is 3.02. The molecule has 1 nitrogen and oxygen atoms in total. The average Bonchev–Trinajstić information content (AvgIpc) is 2.47. The molecule has 0 spiro atoms. The molecular weight excluding hydrogens is 214 g/mol. The highest BCUT2D eigenvalue weighted by Gasteiger charge is 2.39. The molecule has 1 aromatic carbocycles. The van der Waals surface area contributed by atoms with Gasteiger partial charge in [0.05, 0.1) is 4.99 Å². The van der Waals surface area contributed by atoms with E-state index >= 15 is 0 Å². The van der Waals surface area contributed by atoms with E-state index in [0.717, 1.165) is 11.5 Å². The molecule has 16 heavy (non-hydrogen) atoms. The fraction of sp³-hybridized carbons (Fsp3) is 0.500. The molecule has 2 heteroatoms. The van der Waals surface area contributed by atoms with Crippen LogP contribution in [0.3, 0.4) is 0 Å². The van der Waals surface area contributed by atoms with Crippen LogP contribution in [0.1, 0.15) is 39.2 Å². The zero-order valence-corrected chi connectivity index (χ0v) is 11.1. The highest BCUT2D eigenvalue weighted by atomic mass is 32.1. The van der Waals surface area contributed by atoms with Gasteiger partial charge in [-0.2, -0.15) is 0 Å². The SMILES string of the molecule is CCCCN1C(=S)C(C)(C)c2ccccc21. The van der Waals surface area contributed by atoms with Crippen LogP contribution < -0.4 is 4.90 Å². The summed E-state index contributed by atoms with van der Waals surface area (Å²) in [4.78, 5) is 3.39. The van der Waals surface area contributed by atoms with Gasteiger partial charge in [0.15, 0.2) is 0 Å². The predicted molar refractivity (Wildman–Crippen MR) is 74.3 cm³/mol. The summed E-state index contributed by atoms with van der Waals surface area (Å²) in [5, 5.41) is 0. The second-order valence-corrected chi connectivity index (χ2v) is 5.34. The number of unbranched alkanes of at least 4 members (excludes halogenated alkanes) is 1. The Morgan fingerprint density at radius 1 is 1.25 bits per heavy atom. The van der Waals surface area contributed by atoms with Gasteiger partial charge in [-0.25, -0.2) is 0 Å². The topological polar surface area (TPSA) is 3.24 Å². The summed E-state index contributed by atoms with van der Waals surface area (Å²) in [5.41, 5.74) is 2.70. The molecule has 0 radical (unpaired) electrons. The fourth-order valence-electron chi connectivity index (χ4n) is 2.34. The molecule has 0 N–H and O–H groups in total. The van der Waals surface area contributed by atoms with Crippen molar-refractivity contribution in [3.8, 4) is 0 Å². The van der Waals surface area contributed by atoms with Gasteiger partial charge in [-0.3, -0.25) is 0 Å². The van der Waals surface area contributed by atoms with E-state index in [0.29, 0.717) is 0 Å². The molecule has 0 amide bonds. The van der Waals surface area contributed by atoms with Gasteiger partial charge in [0.1, 0.15) is 0 Å². The average molecular weight is 233 g/mol. The molecular formula is C14H19NS. The van der Waals surface area contributed by atoms with Crippen LogP contribution in [0.25, 0.3) is 0 Å². The Morgan fingerprint density at radius 3 is 2.62 bits per heavy atom. The molecule has 0 atom stereocenters. The lowest BCUT2D eigenvalue weighted by atomic mass is 9.87. The number of para-hydroxylation sites is 1. The van der Waals surface area contributed by atoms with E-state index in [-0.39, 0.29) is 5.41 Å². The van der Waals surface area contributed by atoms with Crippen molar-refractivity contribution in [1.82, 2.24) is 0 Å². The van der Waals surface area contributed by atoms with Crippen molar-refractivity contribution in [1.29, 1.82) is 0 Å². The maximum atomic E-state index is 5.62. The van der Waals surface area contributed by atoms with Gasteiger partial charge in [-0.05, 0) is 31.9 Å². The van der Waals surface area contributed by atoms with Crippen molar-refractivity contribution in [2.45, 2.75) is 39.0 Å². The molecule has 86 valence electrons. The van der Waals surface area contributed by atoms with Crippen molar-refractivity contribution in [2.24, 2.45) is 0 Å². The molecule has 0 saturated carbocycles. The van der Waals surface area contributed by atoms with E-state index in [1.165, 1.54) is 24.1 Å². The van der Waals surface area contributed by atoms with Crippen LogP contribution in [0.15, 0.2) is 24.3 Å². The largest absolute Gasteiger partial charge is 0.335 e. The Bertz CT molecular complexity index is 409. The fourth-order valence-corrected chi connectivity index (χ4v) is 2.64. The van der Waals surface area contributed by atoms with Gasteiger partial charge in [0.25, 0.3) is 0 Å². The van der Waals surface area contributed by atoms with E-state index in [9.17, 15) is 0 Å². The van der Waals surface area contributed by atoms with Crippen molar-refractivity contribution < 1.29 is 0 Å². The molecule has 1 aliphatic rings. The lowest BCUT2D eigenvalue weighted by molar-refractivity contribution is 0.735. The normalized spacial score (nSPS) is 17.7. The van der Waals surface area contributed by atoms with Gasteiger partial charge in [0, 0.05) is 17.6 Å². The van der Waals surface area contributed by atoms with Gasteiger partial charge < -0.3 is 4.90 Å². The molecule has 2 rings (SSSR count). The van der Waals surface area contributed by atoms with Crippen molar-refractivity contribution >= 4 is 22.9 Å². The van der Waals surface area contributed by atoms with Crippen molar-refractivity contribution in [3.05, 3.63) is 29.8 Å². The lowest BCUT2D eigenvalue weighted by Gasteiger charge is -2.23. The smallest absolute Gasteiger partial charge is 0.0926 e.